The number of carboxylic acids is 1. The smallest absolute Gasteiger partial charge is 0.336 e. The molecular weight excluding hydrogens is 274 g/mol. The lowest BCUT2D eigenvalue weighted by Crippen LogP contribution is -2.03. The van der Waals surface area contributed by atoms with E-state index < -0.39 is 10.9 Å². The zero-order valence-corrected chi connectivity index (χ0v) is 11.5. The standard InChI is InChI=1S/C15H13NO5/c1-9-7-11(10-5-3-4-6-14(10)21-2)12(15(17)18)8-13(9)16(19)20/h3-8H,1-2H3,(H,17,18). The predicted octanol–water partition coefficient (Wildman–Crippen LogP) is 3.28. The van der Waals surface area contributed by atoms with E-state index >= 15 is 0 Å². The van der Waals surface area contributed by atoms with Crippen molar-refractivity contribution >= 4 is 11.7 Å². The SMILES string of the molecule is COc1ccccc1-c1cc(C)c([N+](=O)[O-])cc1C(=O)O. The highest BCUT2D eigenvalue weighted by Crippen LogP contribution is 2.35. The molecule has 2 aromatic rings. The fraction of sp³-hybridized carbons (Fsp3) is 0.133. The minimum absolute atomic E-state index is 0.128. The number of carboxylic acid groups (broad SMARTS) is 1. The van der Waals surface area contributed by atoms with Gasteiger partial charge in [-0.1, -0.05) is 18.2 Å². The maximum Gasteiger partial charge on any atom is 0.336 e. The molecule has 6 heteroatoms. The lowest BCUT2D eigenvalue weighted by atomic mass is 9.95. The third-order valence-corrected chi connectivity index (χ3v) is 3.16. The van der Waals surface area contributed by atoms with E-state index in [1.54, 1.807) is 31.2 Å². The minimum atomic E-state index is -1.22. The van der Waals surface area contributed by atoms with E-state index in [0.29, 0.717) is 22.4 Å². The maximum atomic E-state index is 11.4. The molecule has 0 saturated heterocycles. The number of carbonyl (C=O) groups is 1. The molecule has 6 nitrogen and oxygen atoms in total. The average molecular weight is 287 g/mol. The maximum absolute atomic E-state index is 11.4. The normalized spacial score (nSPS) is 10.2. The van der Waals surface area contributed by atoms with Gasteiger partial charge in [-0.25, -0.2) is 4.79 Å². The van der Waals surface area contributed by atoms with Gasteiger partial charge in [0.25, 0.3) is 5.69 Å². The van der Waals surface area contributed by atoms with Gasteiger partial charge in [0.2, 0.25) is 0 Å². The summed E-state index contributed by atoms with van der Waals surface area (Å²) in [7, 11) is 1.48. The van der Waals surface area contributed by atoms with Crippen molar-refractivity contribution in [1.29, 1.82) is 0 Å². The van der Waals surface area contributed by atoms with Gasteiger partial charge in [0.1, 0.15) is 5.75 Å². The van der Waals surface area contributed by atoms with Gasteiger partial charge in [0.15, 0.2) is 0 Å². The number of nitro groups is 1. The summed E-state index contributed by atoms with van der Waals surface area (Å²) in [5.41, 5.74) is 1.02. The van der Waals surface area contributed by atoms with E-state index in [0.717, 1.165) is 6.07 Å². The molecule has 2 aromatic carbocycles. The van der Waals surface area contributed by atoms with Gasteiger partial charge in [-0.3, -0.25) is 10.1 Å². The van der Waals surface area contributed by atoms with Gasteiger partial charge in [-0.15, -0.1) is 0 Å². The number of rotatable bonds is 4. The second-order valence-electron chi connectivity index (χ2n) is 4.45. The molecule has 0 unspecified atom stereocenters. The molecular formula is C15H13NO5. The topological polar surface area (TPSA) is 89.7 Å². The molecule has 108 valence electrons. The molecule has 0 saturated carbocycles. The van der Waals surface area contributed by atoms with Crippen LogP contribution in [-0.4, -0.2) is 23.1 Å². The summed E-state index contributed by atoms with van der Waals surface area (Å²) >= 11 is 0. The quantitative estimate of drug-likeness (QED) is 0.688. The summed E-state index contributed by atoms with van der Waals surface area (Å²) in [6.45, 7) is 1.57. The van der Waals surface area contributed by atoms with Crippen LogP contribution in [0.4, 0.5) is 5.69 Å². The summed E-state index contributed by atoms with van der Waals surface area (Å²) in [4.78, 5) is 21.8. The van der Waals surface area contributed by atoms with Gasteiger partial charge in [-0.05, 0) is 19.1 Å². The van der Waals surface area contributed by atoms with E-state index in [1.165, 1.54) is 13.2 Å². The second kappa shape index (κ2) is 5.62. The number of hydrogen-bond acceptors (Lipinski definition) is 4. The molecule has 0 spiro atoms. The summed E-state index contributed by atoms with van der Waals surface area (Å²) in [6, 6.07) is 9.52. The third-order valence-electron chi connectivity index (χ3n) is 3.16. The zero-order valence-electron chi connectivity index (χ0n) is 11.5. The zero-order chi connectivity index (χ0) is 15.6. The van der Waals surface area contributed by atoms with Crippen LogP contribution in [0.1, 0.15) is 15.9 Å². The van der Waals surface area contributed by atoms with E-state index in [2.05, 4.69) is 0 Å². The van der Waals surface area contributed by atoms with Crippen molar-refractivity contribution in [2.75, 3.05) is 7.11 Å². The molecule has 2 rings (SSSR count). The molecule has 0 aliphatic heterocycles. The van der Waals surface area contributed by atoms with Crippen LogP contribution < -0.4 is 4.74 Å². The summed E-state index contributed by atoms with van der Waals surface area (Å²) in [6.07, 6.45) is 0. The first-order valence-electron chi connectivity index (χ1n) is 6.11. The van der Waals surface area contributed by atoms with Crippen LogP contribution in [-0.2, 0) is 0 Å². The Morgan fingerprint density at radius 1 is 1.24 bits per heavy atom. The number of nitro benzene ring substituents is 1. The molecule has 0 aliphatic carbocycles. The van der Waals surface area contributed by atoms with Crippen LogP contribution in [0.5, 0.6) is 5.75 Å². The first-order valence-corrected chi connectivity index (χ1v) is 6.11. The molecule has 21 heavy (non-hydrogen) atoms. The minimum Gasteiger partial charge on any atom is -0.496 e. The third kappa shape index (κ3) is 2.69. The number of benzene rings is 2. The van der Waals surface area contributed by atoms with Crippen LogP contribution in [0.2, 0.25) is 0 Å². The average Bonchev–Trinajstić information content (AvgIpc) is 2.46. The molecule has 0 atom stereocenters. The van der Waals surface area contributed by atoms with Crippen molar-refractivity contribution in [3.05, 3.63) is 57.6 Å². The van der Waals surface area contributed by atoms with Crippen LogP contribution in [0.3, 0.4) is 0 Å². The molecule has 0 heterocycles. The Bertz CT molecular complexity index is 724. The van der Waals surface area contributed by atoms with Crippen LogP contribution in [0, 0.1) is 17.0 Å². The number of hydrogen-bond donors (Lipinski definition) is 1. The fourth-order valence-corrected chi connectivity index (χ4v) is 2.16. The Labute approximate surface area is 120 Å². The van der Waals surface area contributed by atoms with Crippen LogP contribution in [0.25, 0.3) is 11.1 Å². The number of methoxy groups -OCH3 is 1. The number of nitrogens with zero attached hydrogens (tertiary/aromatic N) is 1. The van der Waals surface area contributed by atoms with Crippen molar-refractivity contribution in [2.24, 2.45) is 0 Å². The number of aromatic carboxylic acids is 1. The highest BCUT2D eigenvalue weighted by molar-refractivity contribution is 5.98. The lowest BCUT2D eigenvalue weighted by molar-refractivity contribution is -0.385. The Balaban J connectivity index is 2.76. The highest BCUT2D eigenvalue weighted by Gasteiger charge is 2.21. The predicted molar refractivity (Wildman–Crippen MR) is 76.8 cm³/mol. The van der Waals surface area contributed by atoms with E-state index in [1.807, 2.05) is 0 Å². The lowest BCUT2D eigenvalue weighted by Gasteiger charge is -2.12. The summed E-state index contributed by atoms with van der Waals surface area (Å²) < 4.78 is 5.23. The first-order chi connectivity index (χ1) is 9.95. The number of aryl methyl sites for hydroxylation is 1. The van der Waals surface area contributed by atoms with Gasteiger partial charge in [0, 0.05) is 22.8 Å². The van der Waals surface area contributed by atoms with Crippen molar-refractivity contribution in [2.45, 2.75) is 6.92 Å². The Kier molecular flexibility index (Phi) is 3.89. The van der Waals surface area contributed by atoms with Crippen molar-refractivity contribution in [3.8, 4) is 16.9 Å². The largest absolute Gasteiger partial charge is 0.496 e. The van der Waals surface area contributed by atoms with E-state index in [-0.39, 0.29) is 11.3 Å². The molecule has 0 aromatic heterocycles. The van der Waals surface area contributed by atoms with Gasteiger partial charge >= 0.3 is 5.97 Å². The molecule has 1 N–H and O–H groups in total. The molecule has 0 bridgehead atoms. The summed E-state index contributed by atoms with van der Waals surface area (Å²) in [5.74, 6) is -0.716. The van der Waals surface area contributed by atoms with Crippen molar-refractivity contribution in [1.82, 2.24) is 0 Å². The van der Waals surface area contributed by atoms with Crippen LogP contribution in [0.15, 0.2) is 36.4 Å². The van der Waals surface area contributed by atoms with Gasteiger partial charge in [-0.2, -0.15) is 0 Å². The van der Waals surface area contributed by atoms with Crippen LogP contribution >= 0.6 is 0 Å². The van der Waals surface area contributed by atoms with Gasteiger partial charge < -0.3 is 9.84 Å². The summed E-state index contributed by atoms with van der Waals surface area (Å²) in [5, 5.41) is 20.3. The number of ether oxygens (including phenoxy) is 1. The second-order valence-corrected chi connectivity index (χ2v) is 4.45. The monoisotopic (exact) mass is 287 g/mol. The van der Waals surface area contributed by atoms with Crippen molar-refractivity contribution in [3.63, 3.8) is 0 Å². The Hall–Kier alpha value is -2.89. The molecule has 0 amide bonds. The Morgan fingerprint density at radius 2 is 1.90 bits per heavy atom. The first kappa shape index (κ1) is 14.5. The number of para-hydroxylation sites is 1. The van der Waals surface area contributed by atoms with Crippen molar-refractivity contribution < 1.29 is 19.6 Å². The Morgan fingerprint density at radius 3 is 2.48 bits per heavy atom. The van der Waals surface area contributed by atoms with Gasteiger partial charge in [0.05, 0.1) is 17.6 Å². The molecule has 0 fully saturated rings. The molecule has 0 aliphatic rings. The van der Waals surface area contributed by atoms with E-state index in [4.69, 9.17) is 4.74 Å². The van der Waals surface area contributed by atoms with E-state index in [9.17, 15) is 20.0 Å². The molecule has 0 radical (unpaired) electrons. The highest BCUT2D eigenvalue weighted by atomic mass is 16.6. The fourth-order valence-electron chi connectivity index (χ4n) is 2.16.